The summed E-state index contributed by atoms with van der Waals surface area (Å²) in [6.45, 7) is 4.18. The fourth-order valence-electron chi connectivity index (χ4n) is 1.93. The van der Waals surface area contributed by atoms with Gasteiger partial charge in [0.25, 0.3) is 5.91 Å². The van der Waals surface area contributed by atoms with Gasteiger partial charge in [0.05, 0.1) is 0 Å². The van der Waals surface area contributed by atoms with Crippen LogP contribution in [0.1, 0.15) is 17.3 Å². The Labute approximate surface area is 126 Å². The quantitative estimate of drug-likeness (QED) is 0.754. The molecule has 1 aromatic rings. The third-order valence-corrected chi connectivity index (χ3v) is 3.70. The van der Waals surface area contributed by atoms with Crippen molar-refractivity contribution in [2.75, 3.05) is 19.6 Å². The van der Waals surface area contributed by atoms with Crippen molar-refractivity contribution in [3.05, 3.63) is 33.1 Å². The number of carbonyl (C=O) groups is 1. The van der Waals surface area contributed by atoms with Crippen LogP contribution in [0, 0.1) is 9.39 Å². The van der Waals surface area contributed by atoms with E-state index < -0.39 is 0 Å². The van der Waals surface area contributed by atoms with Gasteiger partial charge in [-0.3, -0.25) is 4.79 Å². The number of benzene rings is 1. The normalized spacial score (nSPS) is 19.3. The zero-order chi connectivity index (χ0) is 12.4. The summed E-state index contributed by atoms with van der Waals surface area (Å²) in [7, 11) is 0. The molecule has 0 saturated carbocycles. The van der Waals surface area contributed by atoms with Gasteiger partial charge in [-0.2, -0.15) is 0 Å². The predicted octanol–water partition coefficient (Wildman–Crippen LogP) is 2.29. The first-order valence-corrected chi connectivity index (χ1v) is 6.63. The van der Waals surface area contributed by atoms with Crippen molar-refractivity contribution in [2.24, 2.45) is 0 Å². The highest BCUT2D eigenvalue weighted by molar-refractivity contribution is 14.1. The van der Waals surface area contributed by atoms with Gasteiger partial charge in [-0.05, 0) is 47.7 Å². The molecule has 2 rings (SSSR count). The Morgan fingerprint density at radius 3 is 2.89 bits per heavy atom. The van der Waals surface area contributed by atoms with Gasteiger partial charge in [0.2, 0.25) is 0 Å². The topological polar surface area (TPSA) is 32.3 Å². The highest BCUT2D eigenvalue weighted by atomic mass is 127. The Bertz CT molecular complexity index is 444. The van der Waals surface area contributed by atoms with Crippen LogP contribution < -0.4 is 5.32 Å². The summed E-state index contributed by atoms with van der Waals surface area (Å²) in [5.74, 6) is -0.423. The smallest absolute Gasteiger partial charge is 0.254 e. The molecule has 1 aromatic carbocycles. The first kappa shape index (κ1) is 15.7. The third-order valence-electron chi connectivity index (χ3n) is 2.82. The molecular weight excluding hydrogens is 370 g/mol. The Hall–Kier alpha value is -0.400. The molecule has 1 aliphatic rings. The van der Waals surface area contributed by atoms with Crippen LogP contribution in [0.5, 0.6) is 0 Å². The van der Waals surface area contributed by atoms with Crippen LogP contribution in [0.4, 0.5) is 4.39 Å². The van der Waals surface area contributed by atoms with Crippen molar-refractivity contribution in [1.29, 1.82) is 0 Å². The van der Waals surface area contributed by atoms with Crippen LogP contribution in [0.2, 0.25) is 0 Å². The molecule has 0 radical (unpaired) electrons. The first-order chi connectivity index (χ1) is 8.08. The molecule has 1 N–H and O–H groups in total. The summed E-state index contributed by atoms with van der Waals surface area (Å²) < 4.78 is 13.9. The molecule has 1 unspecified atom stereocenters. The molecule has 1 fully saturated rings. The Morgan fingerprint density at radius 2 is 2.28 bits per heavy atom. The Balaban J connectivity index is 0.00000162. The first-order valence-electron chi connectivity index (χ1n) is 5.55. The molecule has 1 atom stereocenters. The molecule has 1 amide bonds. The number of nitrogens with one attached hydrogen (secondary N) is 1. The lowest BCUT2D eigenvalue weighted by Gasteiger charge is -2.32. The molecule has 1 saturated heterocycles. The van der Waals surface area contributed by atoms with Crippen LogP contribution in [0.15, 0.2) is 18.2 Å². The number of amides is 1. The Kier molecular flexibility index (Phi) is 5.81. The van der Waals surface area contributed by atoms with Gasteiger partial charge in [0.15, 0.2) is 0 Å². The molecule has 0 aromatic heterocycles. The summed E-state index contributed by atoms with van der Waals surface area (Å²) in [4.78, 5) is 13.9. The standard InChI is InChI=1S/C12H14FIN2O.ClH/c1-8-7-16(5-4-15-8)12(17)9-2-3-11(14)10(13)6-9;/h2-3,6,8,15H,4-5,7H2,1H3;1H. The lowest BCUT2D eigenvalue weighted by atomic mass is 10.1. The second-order valence-electron chi connectivity index (χ2n) is 4.24. The predicted molar refractivity (Wildman–Crippen MR) is 79.7 cm³/mol. The van der Waals surface area contributed by atoms with E-state index in [1.807, 2.05) is 29.5 Å². The summed E-state index contributed by atoms with van der Waals surface area (Å²) in [6.07, 6.45) is 0. The van der Waals surface area contributed by atoms with E-state index in [0.717, 1.165) is 6.54 Å². The van der Waals surface area contributed by atoms with E-state index in [4.69, 9.17) is 0 Å². The summed E-state index contributed by atoms with van der Waals surface area (Å²) in [6, 6.07) is 4.92. The fraction of sp³-hybridized carbons (Fsp3) is 0.417. The number of hydrogen-bond donors (Lipinski definition) is 1. The number of hydrogen-bond acceptors (Lipinski definition) is 2. The highest BCUT2D eigenvalue weighted by Crippen LogP contribution is 2.15. The van der Waals surface area contributed by atoms with Crippen LogP contribution in [-0.4, -0.2) is 36.5 Å². The van der Waals surface area contributed by atoms with Crippen molar-refractivity contribution in [3.8, 4) is 0 Å². The van der Waals surface area contributed by atoms with Crippen LogP contribution in [0.3, 0.4) is 0 Å². The minimum Gasteiger partial charge on any atom is -0.336 e. The molecule has 1 aliphatic heterocycles. The van der Waals surface area contributed by atoms with Gasteiger partial charge in [0, 0.05) is 34.8 Å². The fourth-order valence-corrected chi connectivity index (χ4v) is 2.26. The molecular formula is C12H15ClFIN2O. The van der Waals surface area contributed by atoms with E-state index in [2.05, 4.69) is 5.32 Å². The summed E-state index contributed by atoms with van der Waals surface area (Å²) >= 11 is 1.91. The number of carbonyl (C=O) groups excluding carboxylic acids is 1. The maximum absolute atomic E-state index is 13.4. The van der Waals surface area contributed by atoms with E-state index in [1.165, 1.54) is 6.07 Å². The summed E-state index contributed by atoms with van der Waals surface area (Å²) in [5.41, 5.74) is 0.428. The van der Waals surface area contributed by atoms with Gasteiger partial charge in [-0.25, -0.2) is 4.39 Å². The van der Waals surface area contributed by atoms with Gasteiger partial charge < -0.3 is 10.2 Å². The lowest BCUT2D eigenvalue weighted by Crippen LogP contribution is -2.51. The average Bonchev–Trinajstić information content (AvgIpc) is 2.32. The maximum atomic E-state index is 13.4. The van der Waals surface area contributed by atoms with Crippen LogP contribution >= 0.6 is 35.0 Å². The summed E-state index contributed by atoms with van der Waals surface area (Å²) in [5, 5.41) is 3.27. The molecule has 1 heterocycles. The number of piperazine rings is 1. The molecule has 6 heteroatoms. The van der Waals surface area contributed by atoms with E-state index in [-0.39, 0.29) is 24.1 Å². The van der Waals surface area contributed by atoms with Crippen LogP contribution in [0.25, 0.3) is 0 Å². The third kappa shape index (κ3) is 3.55. The largest absolute Gasteiger partial charge is 0.336 e. The Morgan fingerprint density at radius 1 is 1.56 bits per heavy atom. The number of nitrogens with zero attached hydrogens (tertiary/aromatic N) is 1. The van der Waals surface area contributed by atoms with Gasteiger partial charge >= 0.3 is 0 Å². The molecule has 18 heavy (non-hydrogen) atoms. The SMILES string of the molecule is CC1CN(C(=O)c2ccc(I)c(F)c2)CCN1.Cl. The zero-order valence-corrected chi connectivity index (χ0v) is 12.9. The molecule has 0 spiro atoms. The minimum absolute atomic E-state index is 0. The monoisotopic (exact) mass is 384 g/mol. The number of rotatable bonds is 1. The van der Waals surface area contributed by atoms with Crippen LogP contribution in [-0.2, 0) is 0 Å². The maximum Gasteiger partial charge on any atom is 0.254 e. The van der Waals surface area contributed by atoms with Gasteiger partial charge in [-0.1, -0.05) is 0 Å². The van der Waals surface area contributed by atoms with Crippen molar-refractivity contribution in [2.45, 2.75) is 13.0 Å². The molecule has 0 bridgehead atoms. The minimum atomic E-state index is -0.334. The van der Waals surface area contributed by atoms with Crippen molar-refractivity contribution in [1.82, 2.24) is 10.2 Å². The van der Waals surface area contributed by atoms with E-state index in [1.54, 1.807) is 17.0 Å². The zero-order valence-electron chi connectivity index (χ0n) is 9.95. The highest BCUT2D eigenvalue weighted by Gasteiger charge is 2.22. The van der Waals surface area contributed by atoms with E-state index in [9.17, 15) is 9.18 Å². The van der Waals surface area contributed by atoms with E-state index in [0.29, 0.717) is 28.3 Å². The van der Waals surface area contributed by atoms with Crippen molar-refractivity contribution >= 4 is 40.9 Å². The van der Waals surface area contributed by atoms with Gasteiger partial charge in [-0.15, -0.1) is 12.4 Å². The molecule has 3 nitrogen and oxygen atoms in total. The lowest BCUT2D eigenvalue weighted by molar-refractivity contribution is 0.0708. The van der Waals surface area contributed by atoms with Gasteiger partial charge in [0.1, 0.15) is 5.82 Å². The second-order valence-corrected chi connectivity index (χ2v) is 5.40. The second kappa shape index (κ2) is 6.68. The number of halogens is 3. The van der Waals surface area contributed by atoms with Crippen molar-refractivity contribution < 1.29 is 9.18 Å². The average molecular weight is 385 g/mol. The van der Waals surface area contributed by atoms with E-state index >= 15 is 0 Å². The molecule has 100 valence electrons. The molecule has 0 aliphatic carbocycles. The van der Waals surface area contributed by atoms with Crippen molar-refractivity contribution in [3.63, 3.8) is 0 Å².